The molecule has 3 aromatic rings. The van der Waals surface area contributed by atoms with E-state index in [-0.39, 0.29) is 28.5 Å². The van der Waals surface area contributed by atoms with Gasteiger partial charge in [-0.3, -0.25) is 14.8 Å². The van der Waals surface area contributed by atoms with Gasteiger partial charge in [0.25, 0.3) is 0 Å². The molecule has 0 bridgehead atoms. The topological polar surface area (TPSA) is 107 Å². The lowest BCUT2D eigenvalue weighted by molar-refractivity contribution is -0.136. The summed E-state index contributed by atoms with van der Waals surface area (Å²) in [5, 5.41) is 5.94. The van der Waals surface area contributed by atoms with E-state index >= 15 is 0 Å². The second-order valence-electron chi connectivity index (χ2n) is 11.2. The average molecular weight is 651 g/mol. The van der Waals surface area contributed by atoms with Gasteiger partial charge < -0.3 is 19.7 Å². The van der Waals surface area contributed by atoms with Gasteiger partial charge in [0.2, 0.25) is 0 Å². The number of ketones is 1. The van der Waals surface area contributed by atoms with E-state index in [1.807, 2.05) is 34.5 Å². The van der Waals surface area contributed by atoms with E-state index in [0.717, 1.165) is 11.3 Å². The van der Waals surface area contributed by atoms with Crippen LogP contribution in [0.5, 0.6) is 0 Å². The maximum atomic E-state index is 14.0. The standard InChI is InChI=1S/C32H32ClFN6O4S/c1-19(41)6-7-20-4-3-5-22(14-20)40-17-23-16-38(11-12-39(23)32(40)43)18-26-27(31(42)44-2)28(24-9-8-21(34)15-25(24)33)37-29(36-26)30-35-10-13-45-30/h3-5,8-10,13-15,23,28H,6-7,11-12,16-18H2,1-2H3,(H,36,37)/t23-,28-/m0/s1. The van der Waals surface area contributed by atoms with Crippen LogP contribution in [0.1, 0.15) is 35.5 Å². The van der Waals surface area contributed by atoms with E-state index < -0.39 is 17.8 Å². The number of ether oxygens (including phenoxy) is 1. The molecule has 0 radical (unpaired) electrons. The van der Waals surface area contributed by atoms with Crippen LogP contribution in [0.2, 0.25) is 5.02 Å². The summed E-state index contributed by atoms with van der Waals surface area (Å²) in [7, 11) is 1.31. The number of piperazine rings is 1. The summed E-state index contributed by atoms with van der Waals surface area (Å²) in [4.78, 5) is 53.3. The Kier molecular flexibility index (Phi) is 8.97. The molecule has 3 aliphatic heterocycles. The van der Waals surface area contributed by atoms with E-state index in [1.165, 1.54) is 36.6 Å². The van der Waals surface area contributed by atoms with Crippen molar-refractivity contribution >= 4 is 52.2 Å². The van der Waals surface area contributed by atoms with Crippen LogP contribution in [0.25, 0.3) is 0 Å². The molecule has 1 N–H and O–H groups in total. The molecule has 1 aromatic heterocycles. The lowest BCUT2D eigenvalue weighted by Crippen LogP contribution is -2.53. The number of methoxy groups -OCH3 is 1. The van der Waals surface area contributed by atoms with Crippen molar-refractivity contribution in [2.24, 2.45) is 4.99 Å². The van der Waals surface area contributed by atoms with E-state index in [2.05, 4.69) is 15.2 Å². The number of rotatable bonds is 9. The number of nitrogens with one attached hydrogen (secondary N) is 1. The Labute approximate surface area is 269 Å². The smallest absolute Gasteiger partial charge is 0.338 e. The van der Waals surface area contributed by atoms with Crippen LogP contribution in [0.15, 0.2) is 70.3 Å². The van der Waals surface area contributed by atoms with Crippen LogP contribution >= 0.6 is 22.9 Å². The number of aliphatic imine (C=N–C) groups is 1. The SMILES string of the molecule is COC(=O)C1=C(CN2CCN3C(=O)N(c4cccc(CCC(C)=O)c4)C[C@@H]3C2)NC(c2nccs2)=N[C@H]1c1ccc(F)cc1Cl. The summed E-state index contributed by atoms with van der Waals surface area (Å²) in [6.07, 6.45) is 2.76. The van der Waals surface area contributed by atoms with E-state index in [9.17, 15) is 18.8 Å². The fourth-order valence-corrected chi connectivity index (χ4v) is 6.88. The predicted octanol–water partition coefficient (Wildman–Crippen LogP) is 4.60. The van der Waals surface area contributed by atoms with Gasteiger partial charge in [0.15, 0.2) is 10.8 Å². The average Bonchev–Trinajstić information content (AvgIpc) is 3.68. The van der Waals surface area contributed by atoms with Crippen LogP contribution < -0.4 is 10.2 Å². The van der Waals surface area contributed by atoms with Gasteiger partial charge in [-0.2, -0.15) is 0 Å². The first-order chi connectivity index (χ1) is 21.7. The van der Waals surface area contributed by atoms with Crippen molar-refractivity contribution in [1.29, 1.82) is 0 Å². The number of carbonyl (C=O) groups excluding carboxylic acids is 3. The number of anilines is 1. The van der Waals surface area contributed by atoms with Crippen molar-refractivity contribution in [1.82, 2.24) is 20.1 Å². The highest BCUT2D eigenvalue weighted by Crippen LogP contribution is 2.37. The fourth-order valence-electron chi connectivity index (χ4n) is 6.02. The number of esters is 1. The van der Waals surface area contributed by atoms with Gasteiger partial charge >= 0.3 is 12.0 Å². The Morgan fingerprint density at radius 2 is 2.02 bits per heavy atom. The van der Waals surface area contributed by atoms with Crippen LogP contribution in [-0.2, 0) is 20.7 Å². The number of amidine groups is 1. The minimum Gasteiger partial charge on any atom is -0.466 e. The molecule has 234 valence electrons. The Bertz CT molecular complexity index is 1700. The van der Waals surface area contributed by atoms with E-state index in [1.54, 1.807) is 18.0 Å². The second kappa shape index (κ2) is 13.1. The van der Waals surface area contributed by atoms with Gasteiger partial charge in [-0.1, -0.05) is 29.8 Å². The van der Waals surface area contributed by atoms with Crippen molar-refractivity contribution in [3.63, 3.8) is 0 Å². The zero-order valence-corrected chi connectivity index (χ0v) is 26.4. The summed E-state index contributed by atoms with van der Waals surface area (Å²) >= 11 is 7.88. The third kappa shape index (κ3) is 6.49. The molecule has 6 rings (SSSR count). The molecule has 0 saturated carbocycles. The van der Waals surface area contributed by atoms with Crippen LogP contribution in [0.3, 0.4) is 0 Å². The van der Waals surface area contributed by atoms with Crippen molar-refractivity contribution < 1.29 is 23.5 Å². The molecule has 2 fully saturated rings. The summed E-state index contributed by atoms with van der Waals surface area (Å²) in [5.41, 5.74) is 3.16. The Morgan fingerprint density at radius 3 is 2.76 bits per heavy atom. The maximum Gasteiger partial charge on any atom is 0.338 e. The molecular weight excluding hydrogens is 619 g/mol. The van der Waals surface area contributed by atoms with Crippen LogP contribution in [-0.4, -0.2) is 84.3 Å². The molecule has 2 saturated heterocycles. The lowest BCUT2D eigenvalue weighted by Gasteiger charge is -2.38. The number of halogens is 2. The third-order valence-electron chi connectivity index (χ3n) is 8.23. The minimum atomic E-state index is -0.846. The highest BCUT2D eigenvalue weighted by molar-refractivity contribution is 7.11. The maximum absolute atomic E-state index is 14.0. The number of hydrogen-bond acceptors (Lipinski definition) is 9. The number of aromatic nitrogens is 1. The van der Waals surface area contributed by atoms with Crippen molar-refractivity contribution in [3.8, 4) is 0 Å². The Hall–Kier alpha value is -4.13. The first-order valence-corrected chi connectivity index (χ1v) is 15.9. The number of aryl methyl sites for hydroxylation is 1. The number of Topliss-reactive ketones (excluding diaryl/α,β-unsaturated/α-hetero) is 1. The molecule has 0 aliphatic carbocycles. The van der Waals surface area contributed by atoms with E-state index in [4.69, 9.17) is 21.3 Å². The van der Waals surface area contributed by atoms with Crippen LogP contribution in [0.4, 0.5) is 14.9 Å². The number of hydrogen-bond donors (Lipinski definition) is 1. The summed E-state index contributed by atoms with van der Waals surface area (Å²) < 4.78 is 19.2. The highest BCUT2D eigenvalue weighted by atomic mass is 35.5. The number of fused-ring (bicyclic) bond motifs is 1. The number of carbonyl (C=O) groups is 3. The molecule has 3 aliphatic rings. The number of urea groups is 1. The molecule has 4 heterocycles. The molecule has 13 heteroatoms. The monoisotopic (exact) mass is 650 g/mol. The van der Waals surface area contributed by atoms with Gasteiger partial charge in [0.1, 0.15) is 17.6 Å². The summed E-state index contributed by atoms with van der Waals surface area (Å²) in [6.45, 7) is 4.13. The number of benzene rings is 2. The minimum absolute atomic E-state index is 0.0437. The molecule has 2 amide bonds. The third-order valence-corrected chi connectivity index (χ3v) is 9.34. The fraction of sp³-hybridized carbons (Fsp3) is 0.344. The quantitative estimate of drug-likeness (QED) is 0.337. The van der Waals surface area contributed by atoms with E-state index in [0.29, 0.717) is 67.7 Å². The molecule has 2 atom stereocenters. The van der Waals surface area contributed by atoms with Crippen molar-refractivity contribution in [2.75, 3.05) is 44.7 Å². The number of amides is 2. The Morgan fingerprint density at radius 1 is 1.18 bits per heavy atom. The Balaban J connectivity index is 1.26. The number of nitrogens with zero attached hydrogens (tertiary/aromatic N) is 5. The summed E-state index contributed by atoms with van der Waals surface area (Å²) in [6, 6.07) is 10.9. The lowest BCUT2D eigenvalue weighted by atomic mass is 9.95. The largest absolute Gasteiger partial charge is 0.466 e. The zero-order chi connectivity index (χ0) is 31.7. The molecule has 45 heavy (non-hydrogen) atoms. The number of thiazole rings is 1. The molecule has 10 nitrogen and oxygen atoms in total. The normalized spacial score (nSPS) is 20.2. The molecular formula is C32H32ClFN6O4S. The molecule has 0 unspecified atom stereocenters. The van der Waals surface area contributed by atoms with Gasteiger partial charge in [-0.15, -0.1) is 11.3 Å². The first kappa shape index (κ1) is 30.9. The van der Waals surface area contributed by atoms with Gasteiger partial charge in [-0.05, 0) is 43.2 Å². The zero-order valence-electron chi connectivity index (χ0n) is 24.8. The second-order valence-corrected chi connectivity index (χ2v) is 12.5. The predicted molar refractivity (Wildman–Crippen MR) is 170 cm³/mol. The summed E-state index contributed by atoms with van der Waals surface area (Å²) in [5.74, 6) is -0.463. The first-order valence-electron chi connectivity index (χ1n) is 14.6. The van der Waals surface area contributed by atoms with Gasteiger partial charge in [0.05, 0.1) is 18.7 Å². The van der Waals surface area contributed by atoms with Crippen molar-refractivity contribution in [3.05, 3.63) is 92.3 Å². The molecule has 2 aromatic carbocycles. The van der Waals surface area contributed by atoms with Crippen molar-refractivity contribution in [2.45, 2.75) is 31.8 Å². The molecule has 0 spiro atoms. The van der Waals surface area contributed by atoms with Crippen LogP contribution in [0, 0.1) is 5.82 Å². The highest BCUT2D eigenvalue weighted by Gasteiger charge is 2.42. The van der Waals surface area contributed by atoms with Gasteiger partial charge in [0, 0.05) is 72.7 Å². The van der Waals surface area contributed by atoms with Gasteiger partial charge in [-0.25, -0.2) is 19.0 Å².